The van der Waals surface area contributed by atoms with Crippen LogP contribution in [0.4, 0.5) is 5.82 Å². The maximum atomic E-state index is 13.3. The second kappa shape index (κ2) is 9.07. The van der Waals surface area contributed by atoms with Gasteiger partial charge in [0.2, 0.25) is 15.9 Å². The normalized spacial score (nSPS) is 19.7. The van der Waals surface area contributed by atoms with E-state index in [4.69, 9.17) is 0 Å². The van der Waals surface area contributed by atoms with Crippen molar-refractivity contribution >= 4 is 37.7 Å². The first-order chi connectivity index (χ1) is 15.2. The Hall–Kier alpha value is -2.04. The van der Waals surface area contributed by atoms with E-state index < -0.39 is 15.4 Å². The first-order valence-corrected chi connectivity index (χ1v) is 13.0. The second-order valence-electron chi connectivity index (χ2n) is 8.66. The van der Waals surface area contributed by atoms with E-state index in [2.05, 4.69) is 30.8 Å². The molecule has 2 fully saturated rings. The lowest BCUT2D eigenvalue weighted by atomic mass is 9.79. The molecule has 10 heteroatoms. The molecule has 0 spiro atoms. The summed E-state index contributed by atoms with van der Waals surface area (Å²) in [4.78, 5) is 26.3. The van der Waals surface area contributed by atoms with Gasteiger partial charge in [0.25, 0.3) is 0 Å². The minimum Gasteiger partial charge on any atom is -0.353 e. The molecule has 172 valence electrons. The van der Waals surface area contributed by atoms with Crippen molar-refractivity contribution in [1.82, 2.24) is 19.2 Å². The van der Waals surface area contributed by atoms with Crippen molar-refractivity contribution in [2.45, 2.75) is 31.6 Å². The van der Waals surface area contributed by atoms with E-state index in [0.29, 0.717) is 39.0 Å². The smallest absolute Gasteiger partial charge is 0.243 e. The molecule has 0 aliphatic carbocycles. The molecule has 2 saturated heterocycles. The Morgan fingerprint density at radius 1 is 1.00 bits per heavy atom. The third-order valence-electron chi connectivity index (χ3n) is 6.45. The van der Waals surface area contributed by atoms with Crippen LogP contribution in [-0.2, 0) is 14.8 Å². The van der Waals surface area contributed by atoms with Crippen LogP contribution in [0.25, 0.3) is 0 Å². The summed E-state index contributed by atoms with van der Waals surface area (Å²) in [5.74, 6) is 1.75. The number of hydrogen-bond acceptors (Lipinski definition) is 6. The SMILES string of the molecule is Cc1nccc(N2CCN(C(=O)C3(C)CCN(S(=O)(=O)c4ccc(Br)cc4)CC3)CC2)n1. The fourth-order valence-electron chi connectivity index (χ4n) is 4.33. The molecule has 0 saturated carbocycles. The number of halogens is 1. The Morgan fingerprint density at radius 2 is 1.62 bits per heavy atom. The lowest BCUT2D eigenvalue weighted by molar-refractivity contribution is -0.143. The number of amides is 1. The first kappa shape index (κ1) is 23.1. The van der Waals surface area contributed by atoms with Crippen LogP contribution in [-0.4, -0.2) is 72.8 Å². The van der Waals surface area contributed by atoms with Gasteiger partial charge in [-0.1, -0.05) is 22.9 Å². The van der Waals surface area contributed by atoms with E-state index in [9.17, 15) is 13.2 Å². The summed E-state index contributed by atoms with van der Waals surface area (Å²) < 4.78 is 28.3. The fraction of sp³-hybridized carbons (Fsp3) is 0.500. The number of rotatable bonds is 4. The summed E-state index contributed by atoms with van der Waals surface area (Å²) in [6.07, 6.45) is 2.80. The summed E-state index contributed by atoms with van der Waals surface area (Å²) in [6, 6.07) is 8.57. The number of aryl methyl sites for hydroxylation is 1. The quantitative estimate of drug-likeness (QED) is 0.614. The van der Waals surface area contributed by atoms with E-state index in [1.54, 1.807) is 30.5 Å². The molecule has 32 heavy (non-hydrogen) atoms. The molecule has 0 atom stereocenters. The van der Waals surface area contributed by atoms with E-state index in [-0.39, 0.29) is 10.8 Å². The average molecular weight is 522 g/mol. The molecule has 2 aliphatic heterocycles. The number of piperazine rings is 1. The highest BCUT2D eigenvalue weighted by Crippen LogP contribution is 2.35. The Balaban J connectivity index is 1.36. The molecule has 1 aromatic carbocycles. The molecule has 1 amide bonds. The molecule has 0 unspecified atom stereocenters. The zero-order chi connectivity index (χ0) is 22.9. The van der Waals surface area contributed by atoms with Crippen molar-refractivity contribution < 1.29 is 13.2 Å². The molecule has 0 bridgehead atoms. The Labute approximate surface area is 197 Å². The van der Waals surface area contributed by atoms with E-state index in [0.717, 1.165) is 29.2 Å². The van der Waals surface area contributed by atoms with Crippen LogP contribution in [0.15, 0.2) is 45.9 Å². The van der Waals surface area contributed by atoms with Crippen LogP contribution < -0.4 is 4.90 Å². The van der Waals surface area contributed by atoms with Crippen LogP contribution in [0.3, 0.4) is 0 Å². The average Bonchev–Trinajstić information content (AvgIpc) is 2.79. The number of piperidine rings is 1. The van der Waals surface area contributed by atoms with Crippen molar-refractivity contribution in [3.63, 3.8) is 0 Å². The zero-order valence-electron chi connectivity index (χ0n) is 18.4. The van der Waals surface area contributed by atoms with Gasteiger partial charge in [0, 0.05) is 55.4 Å². The molecule has 8 nitrogen and oxygen atoms in total. The van der Waals surface area contributed by atoms with Gasteiger partial charge in [0.1, 0.15) is 11.6 Å². The third-order valence-corrected chi connectivity index (χ3v) is 8.89. The van der Waals surface area contributed by atoms with Gasteiger partial charge >= 0.3 is 0 Å². The van der Waals surface area contributed by atoms with Gasteiger partial charge in [-0.05, 0) is 50.1 Å². The van der Waals surface area contributed by atoms with Crippen molar-refractivity contribution in [2.24, 2.45) is 5.41 Å². The number of hydrogen-bond donors (Lipinski definition) is 0. The largest absolute Gasteiger partial charge is 0.353 e. The number of carbonyl (C=O) groups excluding carboxylic acids is 1. The number of carbonyl (C=O) groups is 1. The second-order valence-corrected chi connectivity index (χ2v) is 11.5. The van der Waals surface area contributed by atoms with Crippen molar-refractivity contribution in [3.8, 4) is 0 Å². The van der Waals surface area contributed by atoms with Crippen LogP contribution in [0.2, 0.25) is 0 Å². The van der Waals surface area contributed by atoms with Gasteiger partial charge in [-0.3, -0.25) is 4.79 Å². The van der Waals surface area contributed by atoms with Crippen LogP contribution >= 0.6 is 15.9 Å². The molecule has 3 heterocycles. The number of aromatic nitrogens is 2. The molecule has 1 aromatic heterocycles. The highest BCUT2D eigenvalue weighted by Gasteiger charge is 2.42. The number of anilines is 1. The van der Waals surface area contributed by atoms with E-state index in [1.807, 2.05) is 24.8 Å². The third kappa shape index (κ3) is 4.67. The highest BCUT2D eigenvalue weighted by atomic mass is 79.9. The predicted octanol–water partition coefficient (Wildman–Crippen LogP) is 2.69. The van der Waals surface area contributed by atoms with Gasteiger partial charge in [0.15, 0.2) is 0 Å². The molecule has 4 rings (SSSR count). The lowest BCUT2D eigenvalue weighted by Gasteiger charge is -2.43. The Morgan fingerprint density at radius 3 is 2.22 bits per heavy atom. The van der Waals surface area contributed by atoms with Gasteiger partial charge in [0.05, 0.1) is 4.90 Å². The van der Waals surface area contributed by atoms with Crippen molar-refractivity contribution in [3.05, 3.63) is 46.8 Å². The number of benzene rings is 1. The minimum atomic E-state index is -3.55. The maximum Gasteiger partial charge on any atom is 0.243 e. The monoisotopic (exact) mass is 521 g/mol. The Kier molecular flexibility index (Phi) is 6.56. The highest BCUT2D eigenvalue weighted by molar-refractivity contribution is 9.10. The van der Waals surface area contributed by atoms with Crippen LogP contribution in [0.5, 0.6) is 0 Å². The zero-order valence-corrected chi connectivity index (χ0v) is 20.8. The summed E-state index contributed by atoms with van der Waals surface area (Å²) in [5.41, 5.74) is -0.542. The molecule has 0 N–H and O–H groups in total. The Bertz CT molecular complexity index is 1080. The fourth-order valence-corrected chi connectivity index (χ4v) is 6.04. The topological polar surface area (TPSA) is 86.7 Å². The van der Waals surface area contributed by atoms with Crippen LogP contribution in [0, 0.1) is 12.3 Å². The van der Waals surface area contributed by atoms with Crippen LogP contribution in [0.1, 0.15) is 25.6 Å². The van der Waals surface area contributed by atoms with Crippen molar-refractivity contribution in [1.29, 1.82) is 0 Å². The standard InChI is InChI=1S/C22H28BrN5O3S/c1-17-24-10-7-20(25-17)26-13-15-27(16-14-26)21(29)22(2)8-11-28(12-9-22)32(30,31)19-5-3-18(23)4-6-19/h3-7,10H,8-9,11-16H2,1-2H3. The summed E-state index contributed by atoms with van der Waals surface area (Å²) in [5, 5.41) is 0. The van der Waals surface area contributed by atoms with Gasteiger partial charge in [-0.25, -0.2) is 18.4 Å². The van der Waals surface area contributed by atoms with Gasteiger partial charge < -0.3 is 9.80 Å². The molecular weight excluding hydrogens is 494 g/mol. The molecule has 0 radical (unpaired) electrons. The van der Waals surface area contributed by atoms with Gasteiger partial charge in [-0.2, -0.15) is 4.31 Å². The van der Waals surface area contributed by atoms with Gasteiger partial charge in [-0.15, -0.1) is 0 Å². The first-order valence-electron chi connectivity index (χ1n) is 10.8. The minimum absolute atomic E-state index is 0.122. The number of sulfonamides is 1. The molecule has 2 aromatic rings. The summed E-state index contributed by atoms with van der Waals surface area (Å²) in [6.45, 7) is 7.26. The predicted molar refractivity (Wildman–Crippen MR) is 126 cm³/mol. The van der Waals surface area contributed by atoms with E-state index in [1.165, 1.54) is 4.31 Å². The van der Waals surface area contributed by atoms with E-state index >= 15 is 0 Å². The van der Waals surface area contributed by atoms with Crippen molar-refractivity contribution in [2.75, 3.05) is 44.2 Å². The molecular formula is C22H28BrN5O3S. The lowest BCUT2D eigenvalue weighted by Crippen LogP contribution is -2.55. The molecule has 2 aliphatic rings. The summed E-state index contributed by atoms with van der Waals surface area (Å²) >= 11 is 3.34. The number of nitrogens with zero attached hydrogens (tertiary/aromatic N) is 5. The maximum absolute atomic E-state index is 13.3. The summed E-state index contributed by atoms with van der Waals surface area (Å²) in [7, 11) is -3.55.